The fraction of sp³-hybridized carbons (Fsp3) is 0.381. The number of carbonyl (C=O) groups excluding carboxylic acids is 1. The molecule has 1 unspecified atom stereocenters. The first-order valence-electron chi connectivity index (χ1n) is 9.50. The quantitative estimate of drug-likeness (QED) is 0.546. The Hall–Kier alpha value is -1.74. The van der Waals surface area contributed by atoms with Gasteiger partial charge in [0.2, 0.25) is 15.9 Å². The van der Waals surface area contributed by atoms with Crippen LogP contribution in [0.15, 0.2) is 57.9 Å². The molecule has 0 radical (unpaired) electrons. The molecule has 0 saturated carbocycles. The van der Waals surface area contributed by atoms with Crippen molar-refractivity contribution in [1.29, 1.82) is 0 Å². The second-order valence-corrected chi connectivity index (χ2v) is 9.66. The number of benzene rings is 2. The standard InChI is InChI=1S/C21H28BrN3O3S/c1-4-16-5-7-17(8-6-16)20(25(2)3)15-23-21(26)13-14-24-29(27,28)19-11-9-18(22)10-12-19/h5-12,20,24H,4,13-15H2,1-3H3,(H,23,26). The van der Waals surface area contributed by atoms with E-state index >= 15 is 0 Å². The Morgan fingerprint density at radius 3 is 2.24 bits per heavy atom. The van der Waals surface area contributed by atoms with Gasteiger partial charge >= 0.3 is 0 Å². The van der Waals surface area contributed by atoms with Crippen LogP contribution in [-0.4, -0.2) is 46.4 Å². The molecular weight excluding hydrogens is 454 g/mol. The van der Waals surface area contributed by atoms with Gasteiger partial charge in [-0.3, -0.25) is 4.79 Å². The highest BCUT2D eigenvalue weighted by Gasteiger charge is 2.17. The zero-order valence-corrected chi connectivity index (χ0v) is 19.4. The van der Waals surface area contributed by atoms with Gasteiger partial charge in [-0.15, -0.1) is 0 Å². The molecule has 0 aliphatic carbocycles. The first-order chi connectivity index (χ1) is 13.7. The van der Waals surface area contributed by atoms with E-state index in [2.05, 4.69) is 62.1 Å². The Bertz CT molecular complexity index is 898. The molecule has 0 fully saturated rings. The Balaban J connectivity index is 1.85. The normalized spacial score (nSPS) is 12.7. The van der Waals surface area contributed by atoms with Gasteiger partial charge in [0.05, 0.1) is 10.9 Å². The predicted molar refractivity (Wildman–Crippen MR) is 119 cm³/mol. The minimum Gasteiger partial charge on any atom is -0.354 e. The molecule has 2 N–H and O–H groups in total. The van der Waals surface area contributed by atoms with E-state index in [1.807, 2.05) is 14.1 Å². The molecule has 8 heteroatoms. The Kier molecular flexibility index (Phi) is 8.82. The van der Waals surface area contributed by atoms with Crippen molar-refractivity contribution >= 4 is 31.9 Å². The lowest BCUT2D eigenvalue weighted by Crippen LogP contribution is -2.36. The maximum absolute atomic E-state index is 12.3. The van der Waals surface area contributed by atoms with Crippen molar-refractivity contribution in [3.8, 4) is 0 Å². The van der Waals surface area contributed by atoms with E-state index < -0.39 is 10.0 Å². The molecule has 0 aliphatic heterocycles. The Morgan fingerprint density at radius 2 is 1.69 bits per heavy atom. The third-order valence-corrected chi connectivity index (χ3v) is 6.66. The monoisotopic (exact) mass is 481 g/mol. The van der Waals surface area contributed by atoms with Crippen molar-refractivity contribution < 1.29 is 13.2 Å². The van der Waals surface area contributed by atoms with Crippen molar-refractivity contribution in [3.63, 3.8) is 0 Å². The molecule has 0 bridgehead atoms. The van der Waals surface area contributed by atoms with Gasteiger partial charge in [-0.25, -0.2) is 13.1 Å². The van der Waals surface area contributed by atoms with Crippen LogP contribution in [-0.2, 0) is 21.2 Å². The number of likely N-dealkylation sites (N-methyl/N-ethyl adjacent to an activating group) is 1. The Morgan fingerprint density at radius 1 is 1.07 bits per heavy atom. The van der Waals surface area contributed by atoms with Crippen LogP contribution in [0.4, 0.5) is 0 Å². The Labute approximate surface area is 181 Å². The van der Waals surface area contributed by atoms with Gasteiger partial charge in [-0.1, -0.05) is 47.1 Å². The molecule has 0 spiro atoms. The maximum Gasteiger partial charge on any atom is 0.240 e. The third-order valence-electron chi connectivity index (χ3n) is 4.66. The summed E-state index contributed by atoms with van der Waals surface area (Å²) in [5.74, 6) is -0.194. The summed E-state index contributed by atoms with van der Waals surface area (Å²) in [7, 11) is 0.312. The van der Waals surface area contributed by atoms with Gasteiger partial charge in [0.25, 0.3) is 0 Å². The van der Waals surface area contributed by atoms with Gasteiger partial charge in [0.1, 0.15) is 0 Å². The predicted octanol–water partition coefficient (Wildman–Crippen LogP) is 3.10. The molecular formula is C21H28BrN3O3S. The number of amides is 1. The lowest BCUT2D eigenvalue weighted by molar-refractivity contribution is -0.121. The lowest BCUT2D eigenvalue weighted by Gasteiger charge is -2.25. The summed E-state index contributed by atoms with van der Waals surface area (Å²) in [6.07, 6.45) is 1.06. The van der Waals surface area contributed by atoms with E-state index in [0.29, 0.717) is 6.54 Å². The molecule has 0 aliphatic rings. The van der Waals surface area contributed by atoms with Crippen LogP contribution in [0.25, 0.3) is 0 Å². The smallest absolute Gasteiger partial charge is 0.240 e. The molecule has 1 amide bonds. The largest absolute Gasteiger partial charge is 0.354 e. The first-order valence-corrected chi connectivity index (χ1v) is 11.8. The first kappa shape index (κ1) is 23.5. The second kappa shape index (κ2) is 10.9. The number of halogens is 1. The number of carbonyl (C=O) groups is 1. The number of nitrogens with one attached hydrogen (secondary N) is 2. The van der Waals surface area contributed by atoms with Gasteiger partial charge in [0, 0.05) is 24.0 Å². The van der Waals surface area contributed by atoms with Crippen molar-refractivity contribution in [2.45, 2.75) is 30.7 Å². The van der Waals surface area contributed by atoms with E-state index in [1.165, 1.54) is 17.7 Å². The number of aryl methyl sites for hydroxylation is 1. The molecule has 0 saturated heterocycles. The molecule has 6 nitrogen and oxygen atoms in total. The average Bonchev–Trinajstić information content (AvgIpc) is 2.68. The maximum atomic E-state index is 12.3. The van der Waals surface area contributed by atoms with Gasteiger partial charge in [-0.2, -0.15) is 0 Å². The van der Waals surface area contributed by atoms with Crippen LogP contribution >= 0.6 is 15.9 Å². The number of hydrogen-bond acceptors (Lipinski definition) is 4. The highest BCUT2D eigenvalue weighted by Crippen LogP contribution is 2.18. The van der Waals surface area contributed by atoms with Crippen molar-refractivity contribution in [2.75, 3.05) is 27.2 Å². The molecule has 29 heavy (non-hydrogen) atoms. The van der Waals surface area contributed by atoms with Crippen molar-refractivity contribution in [3.05, 3.63) is 64.1 Å². The van der Waals surface area contributed by atoms with Crippen LogP contribution in [0.5, 0.6) is 0 Å². The summed E-state index contributed by atoms with van der Waals surface area (Å²) in [4.78, 5) is 14.4. The molecule has 0 aromatic heterocycles. The minimum absolute atomic E-state index is 0.0437. The molecule has 2 aromatic carbocycles. The summed E-state index contributed by atoms with van der Waals surface area (Å²) in [6.45, 7) is 2.61. The molecule has 158 valence electrons. The highest BCUT2D eigenvalue weighted by molar-refractivity contribution is 9.10. The zero-order valence-electron chi connectivity index (χ0n) is 17.0. The van der Waals surface area contributed by atoms with E-state index in [1.54, 1.807) is 12.1 Å². The van der Waals surface area contributed by atoms with Crippen LogP contribution in [0.3, 0.4) is 0 Å². The number of hydrogen-bond donors (Lipinski definition) is 2. The van der Waals surface area contributed by atoms with E-state index in [-0.39, 0.29) is 29.8 Å². The fourth-order valence-corrected chi connectivity index (χ4v) is 4.17. The molecule has 2 rings (SSSR count). The van der Waals surface area contributed by atoms with Crippen molar-refractivity contribution in [2.24, 2.45) is 0 Å². The van der Waals surface area contributed by atoms with E-state index in [0.717, 1.165) is 16.5 Å². The summed E-state index contributed by atoms with van der Waals surface area (Å²) in [6, 6.07) is 14.8. The molecule has 0 heterocycles. The SMILES string of the molecule is CCc1ccc(C(CNC(=O)CCNS(=O)(=O)c2ccc(Br)cc2)N(C)C)cc1. The summed E-state index contributed by atoms with van der Waals surface area (Å²) in [5.41, 5.74) is 2.40. The number of sulfonamides is 1. The lowest BCUT2D eigenvalue weighted by atomic mass is 10.0. The fourth-order valence-electron chi connectivity index (χ4n) is 2.87. The summed E-state index contributed by atoms with van der Waals surface area (Å²) in [5, 5.41) is 2.90. The third kappa shape index (κ3) is 7.22. The minimum atomic E-state index is -3.63. The van der Waals surface area contributed by atoms with Crippen molar-refractivity contribution in [1.82, 2.24) is 14.9 Å². The van der Waals surface area contributed by atoms with E-state index in [9.17, 15) is 13.2 Å². The number of rotatable bonds is 10. The molecule has 1 atom stereocenters. The zero-order chi connectivity index (χ0) is 21.4. The van der Waals surface area contributed by atoms with Crippen LogP contribution < -0.4 is 10.0 Å². The molecule has 2 aromatic rings. The topological polar surface area (TPSA) is 78.5 Å². The van der Waals surface area contributed by atoms with Gasteiger partial charge in [-0.05, 0) is 55.9 Å². The average molecular weight is 482 g/mol. The van der Waals surface area contributed by atoms with Crippen LogP contribution in [0.2, 0.25) is 0 Å². The summed E-state index contributed by atoms with van der Waals surface area (Å²) >= 11 is 3.28. The van der Waals surface area contributed by atoms with E-state index in [4.69, 9.17) is 0 Å². The highest BCUT2D eigenvalue weighted by atomic mass is 79.9. The van der Waals surface area contributed by atoms with Gasteiger partial charge in [0.15, 0.2) is 0 Å². The summed E-state index contributed by atoms with van der Waals surface area (Å²) < 4.78 is 27.8. The van der Waals surface area contributed by atoms with Gasteiger partial charge < -0.3 is 10.2 Å². The second-order valence-electron chi connectivity index (χ2n) is 6.98. The van der Waals surface area contributed by atoms with Crippen LogP contribution in [0, 0.1) is 0 Å². The number of nitrogens with zero attached hydrogens (tertiary/aromatic N) is 1. The van der Waals surface area contributed by atoms with Crippen LogP contribution in [0.1, 0.15) is 30.5 Å².